The number of Topliss-reactive ketones (excluding diaryl/α,β-unsaturated/α-hetero) is 2. The van der Waals surface area contributed by atoms with Crippen molar-refractivity contribution in [2.75, 3.05) is 0 Å². The fourth-order valence-electron chi connectivity index (χ4n) is 3.47. The molecule has 1 aromatic rings. The summed E-state index contributed by atoms with van der Waals surface area (Å²) < 4.78 is 0. The molecule has 1 aromatic carbocycles. The molecule has 0 radical (unpaired) electrons. The van der Waals surface area contributed by atoms with Crippen molar-refractivity contribution in [2.24, 2.45) is 5.92 Å². The number of rotatable bonds is 4. The predicted octanol–water partition coefficient (Wildman–Crippen LogP) is 3.92. The van der Waals surface area contributed by atoms with Crippen LogP contribution in [0.2, 0.25) is 0 Å². The van der Waals surface area contributed by atoms with Gasteiger partial charge in [0.05, 0.1) is 5.57 Å². The molecule has 2 aliphatic carbocycles. The Labute approximate surface area is 130 Å². The minimum absolute atomic E-state index is 0.0690. The summed E-state index contributed by atoms with van der Waals surface area (Å²) in [6, 6.07) is 6.71. The van der Waals surface area contributed by atoms with Gasteiger partial charge in [0, 0.05) is 23.6 Å². The molecule has 0 heterocycles. The Bertz CT molecular complexity index is 648. The number of hydrogen-bond acceptors (Lipinski definition) is 3. The SMILES string of the molecule is O=C(CCC1CCCCC1)C1=CC(=O)c2ccccc2C1=O. The van der Waals surface area contributed by atoms with Crippen molar-refractivity contribution in [3.8, 4) is 0 Å². The van der Waals surface area contributed by atoms with Crippen LogP contribution in [0.5, 0.6) is 0 Å². The number of benzene rings is 1. The van der Waals surface area contributed by atoms with Gasteiger partial charge < -0.3 is 0 Å². The number of carbonyl (C=O) groups is 3. The average molecular weight is 296 g/mol. The zero-order chi connectivity index (χ0) is 15.5. The maximum Gasteiger partial charge on any atom is 0.197 e. The summed E-state index contributed by atoms with van der Waals surface area (Å²) in [4.78, 5) is 36.8. The van der Waals surface area contributed by atoms with E-state index in [0.29, 0.717) is 23.5 Å². The van der Waals surface area contributed by atoms with Gasteiger partial charge in [-0.1, -0.05) is 56.4 Å². The topological polar surface area (TPSA) is 51.2 Å². The number of ketones is 3. The third kappa shape index (κ3) is 2.94. The molecule has 22 heavy (non-hydrogen) atoms. The minimum Gasteiger partial charge on any atom is -0.294 e. The summed E-state index contributed by atoms with van der Waals surface area (Å²) in [5, 5.41) is 0. The highest BCUT2D eigenvalue weighted by Crippen LogP contribution is 2.29. The van der Waals surface area contributed by atoms with Crippen LogP contribution >= 0.6 is 0 Å². The second-order valence-electron chi connectivity index (χ2n) is 6.26. The molecule has 114 valence electrons. The van der Waals surface area contributed by atoms with Crippen molar-refractivity contribution in [3.05, 3.63) is 47.0 Å². The quantitative estimate of drug-likeness (QED) is 0.791. The summed E-state index contributed by atoms with van der Waals surface area (Å²) in [6.07, 6.45) is 8.58. The lowest BCUT2D eigenvalue weighted by Gasteiger charge is -2.21. The van der Waals surface area contributed by atoms with E-state index in [-0.39, 0.29) is 22.9 Å². The van der Waals surface area contributed by atoms with Gasteiger partial charge in [0.1, 0.15) is 0 Å². The molecule has 0 bridgehead atoms. The maximum atomic E-state index is 12.4. The maximum absolute atomic E-state index is 12.4. The van der Waals surface area contributed by atoms with Gasteiger partial charge in [-0.2, -0.15) is 0 Å². The first kappa shape index (κ1) is 14.9. The monoisotopic (exact) mass is 296 g/mol. The molecule has 2 aliphatic rings. The zero-order valence-corrected chi connectivity index (χ0v) is 12.6. The number of allylic oxidation sites excluding steroid dienone is 2. The first-order chi connectivity index (χ1) is 10.7. The standard InChI is InChI=1S/C19H20O3/c20-17(11-10-13-6-2-1-3-7-13)16-12-18(21)14-8-4-5-9-15(14)19(16)22/h4-5,8-9,12-13H,1-3,6-7,10-11H2. The van der Waals surface area contributed by atoms with Gasteiger partial charge in [0.25, 0.3) is 0 Å². The van der Waals surface area contributed by atoms with Gasteiger partial charge >= 0.3 is 0 Å². The molecular formula is C19H20O3. The molecule has 0 aromatic heterocycles. The molecule has 1 fully saturated rings. The van der Waals surface area contributed by atoms with Crippen LogP contribution in [0.1, 0.15) is 65.7 Å². The molecule has 3 rings (SSSR count). The van der Waals surface area contributed by atoms with Crippen molar-refractivity contribution < 1.29 is 14.4 Å². The Morgan fingerprint density at radius 1 is 1.00 bits per heavy atom. The van der Waals surface area contributed by atoms with E-state index in [2.05, 4.69) is 0 Å². The highest BCUT2D eigenvalue weighted by Gasteiger charge is 2.29. The largest absolute Gasteiger partial charge is 0.294 e. The van der Waals surface area contributed by atoms with Gasteiger partial charge in [0.2, 0.25) is 0 Å². The van der Waals surface area contributed by atoms with Crippen molar-refractivity contribution in [2.45, 2.75) is 44.9 Å². The Morgan fingerprint density at radius 2 is 1.68 bits per heavy atom. The Morgan fingerprint density at radius 3 is 2.41 bits per heavy atom. The van der Waals surface area contributed by atoms with Crippen molar-refractivity contribution in [1.29, 1.82) is 0 Å². The van der Waals surface area contributed by atoms with Gasteiger partial charge in [-0.25, -0.2) is 0 Å². The second kappa shape index (κ2) is 6.39. The van der Waals surface area contributed by atoms with Crippen molar-refractivity contribution in [3.63, 3.8) is 0 Å². The van der Waals surface area contributed by atoms with Crippen LogP contribution in [0.3, 0.4) is 0 Å². The second-order valence-corrected chi connectivity index (χ2v) is 6.26. The first-order valence-corrected chi connectivity index (χ1v) is 8.10. The van der Waals surface area contributed by atoms with E-state index in [1.54, 1.807) is 24.3 Å². The lowest BCUT2D eigenvalue weighted by Crippen LogP contribution is -2.22. The lowest BCUT2D eigenvalue weighted by molar-refractivity contribution is -0.115. The molecule has 3 nitrogen and oxygen atoms in total. The minimum atomic E-state index is -0.302. The van der Waals surface area contributed by atoms with E-state index in [0.717, 1.165) is 6.42 Å². The molecule has 0 amide bonds. The molecule has 0 aliphatic heterocycles. The third-order valence-electron chi connectivity index (χ3n) is 4.76. The highest BCUT2D eigenvalue weighted by atomic mass is 16.2. The van der Waals surface area contributed by atoms with E-state index in [4.69, 9.17) is 0 Å². The molecule has 0 spiro atoms. The van der Waals surface area contributed by atoms with Crippen LogP contribution in [-0.4, -0.2) is 17.3 Å². The van der Waals surface area contributed by atoms with Gasteiger partial charge in [-0.15, -0.1) is 0 Å². The Hall–Kier alpha value is -2.03. The third-order valence-corrected chi connectivity index (χ3v) is 4.76. The molecule has 1 saturated carbocycles. The molecule has 0 saturated heterocycles. The summed E-state index contributed by atoms with van der Waals surface area (Å²) in [5.41, 5.74) is 0.826. The van der Waals surface area contributed by atoms with Gasteiger partial charge in [-0.3, -0.25) is 14.4 Å². The molecule has 0 unspecified atom stereocenters. The van der Waals surface area contributed by atoms with E-state index in [9.17, 15) is 14.4 Å². The van der Waals surface area contributed by atoms with E-state index < -0.39 is 0 Å². The molecule has 0 atom stereocenters. The molecule has 0 N–H and O–H groups in total. The summed E-state index contributed by atoms with van der Waals surface area (Å²) in [7, 11) is 0. The number of fused-ring (bicyclic) bond motifs is 1. The number of hydrogen-bond donors (Lipinski definition) is 0. The van der Waals surface area contributed by atoms with Crippen molar-refractivity contribution >= 4 is 17.3 Å². The smallest absolute Gasteiger partial charge is 0.197 e. The van der Waals surface area contributed by atoms with E-state index in [1.807, 2.05) is 0 Å². The molecule has 3 heteroatoms. The highest BCUT2D eigenvalue weighted by molar-refractivity contribution is 6.34. The summed E-state index contributed by atoms with van der Waals surface area (Å²) in [6.45, 7) is 0. The summed E-state index contributed by atoms with van der Waals surface area (Å²) in [5.74, 6) is -0.126. The van der Waals surface area contributed by atoms with Crippen LogP contribution < -0.4 is 0 Å². The van der Waals surface area contributed by atoms with Crippen molar-refractivity contribution in [1.82, 2.24) is 0 Å². The van der Waals surface area contributed by atoms with Gasteiger partial charge in [0.15, 0.2) is 17.3 Å². The Kier molecular flexibility index (Phi) is 4.32. The fraction of sp³-hybridized carbons (Fsp3) is 0.421. The Balaban J connectivity index is 1.70. The predicted molar refractivity (Wildman–Crippen MR) is 84.0 cm³/mol. The first-order valence-electron chi connectivity index (χ1n) is 8.10. The van der Waals surface area contributed by atoms with Crippen LogP contribution in [0.4, 0.5) is 0 Å². The fourth-order valence-corrected chi connectivity index (χ4v) is 3.47. The molecular weight excluding hydrogens is 276 g/mol. The van der Waals surface area contributed by atoms with Crippen LogP contribution in [0, 0.1) is 5.92 Å². The average Bonchev–Trinajstić information content (AvgIpc) is 2.57. The van der Waals surface area contributed by atoms with Gasteiger partial charge in [-0.05, 0) is 12.3 Å². The number of carbonyl (C=O) groups excluding carboxylic acids is 3. The zero-order valence-electron chi connectivity index (χ0n) is 12.6. The normalized spacial score (nSPS) is 18.8. The summed E-state index contributed by atoms with van der Waals surface area (Å²) >= 11 is 0. The van der Waals surface area contributed by atoms with E-state index in [1.165, 1.54) is 38.2 Å². The van der Waals surface area contributed by atoms with E-state index >= 15 is 0 Å². The lowest BCUT2D eigenvalue weighted by atomic mass is 9.83. The van der Waals surface area contributed by atoms with Crippen LogP contribution in [0.15, 0.2) is 35.9 Å². The van der Waals surface area contributed by atoms with Crippen LogP contribution in [-0.2, 0) is 4.79 Å². The van der Waals surface area contributed by atoms with Crippen LogP contribution in [0.25, 0.3) is 0 Å².